The Kier molecular flexibility index (Phi) is 3.29. The molecule has 0 aromatic carbocycles. The Morgan fingerprint density at radius 1 is 1.60 bits per heavy atom. The molecule has 0 unspecified atom stereocenters. The summed E-state index contributed by atoms with van der Waals surface area (Å²) in [7, 11) is 0. The van der Waals surface area contributed by atoms with E-state index >= 15 is 0 Å². The minimum Gasteiger partial charge on any atom is -0.319 e. The monoisotopic (exact) mass is 209 g/mol. The number of hydrogen-bond donors (Lipinski definition) is 2. The highest BCUT2D eigenvalue weighted by molar-refractivity contribution is 5.11. The fourth-order valence-electron chi connectivity index (χ4n) is 1.21. The largest absolute Gasteiger partial charge is 0.319 e. The third-order valence-corrected chi connectivity index (χ3v) is 2.63. The first-order valence-corrected chi connectivity index (χ1v) is 5.27. The van der Waals surface area contributed by atoms with E-state index in [1.54, 1.807) is 0 Å². The molecule has 1 heterocycles. The summed E-state index contributed by atoms with van der Waals surface area (Å²) in [6.45, 7) is 7.86. The van der Waals surface area contributed by atoms with Crippen LogP contribution < -0.4 is 11.3 Å². The molecule has 4 heteroatoms. The Labute approximate surface area is 89.9 Å². The lowest BCUT2D eigenvalue weighted by Gasteiger charge is -2.22. The summed E-state index contributed by atoms with van der Waals surface area (Å²) in [5, 5.41) is 0. The first kappa shape index (κ1) is 11.9. The van der Waals surface area contributed by atoms with Crippen molar-refractivity contribution in [3.63, 3.8) is 0 Å². The van der Waals surface area contributed by atoms with E-state index in [1.165, 1.54) is 6.07 Å². The molecule has 4 nitrogen and oxygen atoms in total. The molecule has 1 aromatic rings. The minimum absolute atomic E-state index is 0.131. The van der Waals surface area contributed by atoms with Crippen molar-refractivity contribution in [3.8, 4) is 0 Å². The van der Waals surface area contributed by atoms with Crippen LogP contribution in [0.15, 0.2) is 10.9 Å². The molecule has 0 aliphatic heterocycles. The maximum Gasteiger partial charge on any atom is 0.251 e. The van der Waals surface area contributed by atoms with Gasteiger partial charge in [0.1, 0.15) is 5.82 Å². The van der Waals surface area contributed by atoms with Crippen LogP contribution in [0, 0.1) is 0 Å². The number of aromatic nitrogens is 2. The lowest BCUT2D eigenvalue weighted by atomic mass is 9.99. The molecular weight excluding hydrogens is 190 g/mol. The molecule has 1 rings (SSSR count). The van der Waals surface area contributed by atoms with Crippen molar-refractivity contribution in [2.75, 3.05) is 0 Å². The van der Waals surface area contributed by atoms with E-state index < -0.39 is 5.54 Å². The molecule has 0 spiro atoms. The topological polar surface area (TPSA) is 71.8 Å². The van der Waals surface area contributed by atoms with Gasteiger partial charge in [-0.25, -0.2) is 4.98 Å². The van der Waals surface area contributed by atoms with Crippen molar-refractivity contribution in [2.24, 2.45) is 5.73 Å². The summed E-state index contributed by atoms with van der Waals surface area (Å²) < 4.78 is 0. The second-order valence-corrected chi connectivity index (χ2v) is 4.44. The molecule has 84 valence electrons. The SMILES string of the molecule is CC[C@@](C)(N)c1nc(C(C)C)cc(=O)[nH]1. The van der Waals surface area contributed by atoms with Gasteiger partial charge in [0.2, 0.25) is 0 Å². The molecule has 1 aromatic heterocycles. The molecule has 0 saturated carbocycles. The number of hydrogen-bond acceptors (Lipinski definition) is 3. The van der Waals surface area contributed by atoms with Crippen molar-refractivity contribution in [3.05, 3.63) is 27.9 Å². The van der Waals surface area contributed by atoms with Crippen LogP contribution in [0.1, 0.15) is 51.6 Å². The summed E-state index contributed by atoms with van der Waals surface area (Å²) in [6, 6.07) is 1.53. The predicted octanol–water partition coefficient (Wildman–Crippen LogP) is 1.48. The van der Waals surface area contributed by atoms with Crippen molar-refractivity contribution >= 4 is 0 Å². The van der Waals surface area contributed by atoms with Gasteiger partial charge in [0.05, 0.1) is 11.2 Å². The molecule has 0 fully saturated rings. The van der Waals surface area contributed by atoms with Gasteiger partial charge in [-0.3, -0.25) is 4.79 Å². The van der Waals surface area contributed by atoms with Crippen LogP contribution in [0.5, 0.6) is 0 Å². The molecule has 0 saturated heterocycles. The van der Waals surface area contributed by atoms with Crippen molar-refractivity contribution in [1.29, 1.82) is 0 Å². The second-order valence-electron chi connectivity index (χ2n) is 4.44. The number of nitrogens with one attached hydrogen (secondary N) is 1. The Balaban J connectivity index is 3.27. The van der Waals surface area contributed by atoms with Crippen LogP contribution in [-0.2, 0) is 5.54 Å². The zero-order valence-electron chi connectivity index (χ0n) is 9.79. The third kappa shape index (κ3) is 2.65. The van der Waals surface area contributed by atoms with Gasteiger partial charge in [0, 0.05) is 6.07 Å². The standard InChI is InChI=1S/C11H19N3O/c1-5-11(4,12)10-13-8(7(2)3)6-9(15)14-10/h6-7H,5,12H2,1-4H3,(H,13,14,15)/t11-/m1/s1. The van der Waals surface area contributed by atoms with Crippen molar-refractivity contribution in [1.82, 2.24) is 9.97 Å². The van der Waals surface area contributed by atoms with Crippen LogP contribution in [0.3, 0.4) is 0 Å². The highest BCUT2D eigenvalue weighted by atomic mass is 16.1. The normalized spacial score (nSPS) is 15.3. The Bertz CT molecular complexity index is 393. The number of rotatable bonds is 3. The van der Waals surface area contributed by atoms with Crippen LogP contribution >= 0.6 is 0 Å². The van der Waals surface area contributed by atoms with Crippen molar-refractivity contribution < 1.29 is 0 Å². The first-order chi connectivity index (χ1) is 6.86. The number of H-pyrrole nitrogens is 1. The van der Waals surface area contributed by atoms with E-state index in [-0.39, 0.29) is 11.5 Å². The minimum atomic E-state index is -0.565. The van der Waals surface area contributed by atoms with Crippen LogP contribution in [0.25, 0.3) is 0 Å². The van der Waals surface area contributed by atoms with Gasteiger partial charge in [0.15, 0.2) is 0 Å². The molecule has 0 bridgehead atoms. The molecule has 0 radical (unpaired) electrons. The maximum absolute atomic E-state index is 11.4. The highest BCUT2D eigenvalue weighted by Crippen LogP contribution is 2.18. The third-order valence-electron chi connectivity index (χ3n) is 2.63. The van der Waals surface area contributed by atoms with Crippen LogP contribution in [0.4, 0.5) is 0 Å². The molecule has 1 atom stereocenters. The molecule has 0 aliphatic rings. The lowest BCUT2D eigenvalue weighted by molar-refractivity contribution is 0.440. The van der Waals surface area contributed by atoms with Gasteiger partial charge in [-0.15, -0.1) is 0 Å². The molecule has 0 aliphatic carbocycles. The Hall–Kier alpha value is -1.16. The fraction of sp³-hybridized carbons (Fsp3) is 0.636. The summed E-state index contributed by atoms with van der Waals surface area (Å²) >= 11 is 0. The van der Waals surface area contributed by atoms with Gasteiger partial charge in [-0.1, -0.05) is 20.8 Å². The van der Waals surface area contributed by atoms with E-state index in [0.717, 1.165) is 12.1 Å². The van der Waals surface area contributed by atoms with E-state index in [4.69, 9.17) is 5.73 Å². The predicted molar refractivity (Wildman–Crippen MR) is 60.8 cm³/mol. The average Bonchev–Trinajstić information content (AvgIpc) is 2.16. The van der Waals surface area contributed by atoms with Gasteiger partial charge >= 0.3 is 0 Å². The molecular formula is C11H19N3O. The van der Waals surface area contributed by atoms with Gasteiger partial charge in [-0.05, 0) is 19.3 Å². The molecule has 0 amide bonds. The van der Waals surface area contributed by atoms with Crippen molar-refractivity contribution in [2.45, 2.75) is 45.6 Å². The van der Waals surface area contributed by atoms with E-state index in [9.17, 15) is 4.79 Å². The molecule has 3 N–H and O–H groups in total. The zero-order valence-corrected chi connectivity index (χ0v) is 9.79. The number of aromatic amines is 1. The Morgan fingerprint density at radius 2 is 2.20 bits per heavy atom. The average molecular weight is 209 g/mol. The summed E-state index contributed by atoms with van der Waals surface area (Å²) in [6.07, 6.45) is 0.734. The summed E-state index contributed by atoms with van der Waals surface area (Å²) in [5.41, 5.74) is 6.14. The smallest absolute Gasteiger partial charge is 0.251 e. The quantitative estimate of drug-likeness (QED) is 0.792. The number of nitrogens with two attached hydrogens (primary N) is 1. The fourth-order valence-corrected chi connectivity index (χ4v) is 1.21. The maximum atomic E-state index is 11.4. The molecule has 15 heavy (non-hydrogen) atoms. The van der Waals surface area contributed by atoms with E-state index in [1.807, 2.05) is 27.7 Å². The van der Waals surface area contributed by atoms with Crippen LogP contribution in [-0.4, -0.2) is 9.97 Å². The van der Waals surface area contributed by atoms with Crippen LogP contribution in [0.2, 0.25) is 0 Å². The first-order valence-electron chi connectivity index (χ1n) is 5.27. The van der Waals surface area contributed by atoms with Gasteiger partial charge in [0.25, 0.3) is 5.56 Å². The summed E-state index contributed by atoms with van der Waals surface area (Å²) in [4.78, 5) is 18.5. The summed E-state index contributed by atoms with van der Waals surface area (Å²) in [5.74, 6) is 0.805. The van der Waals surface area contributed by atoms with Gasteiger partial charge in [-0.2, -0.15) is 0 Å². The van der Waals surface area contributed by atoms with E-state index in [2.05, 4.69) is 9.97 Å². The zero-order chi connectivity index (χ0) is 11.6. The number of nitrogens with zero attached hydrogens (tertiary/aromatic N) is 1. The Morgan fingerprint density at radius 3 is 2.67 bits per heavy atom. The van der Waals surface area contributed by atoms with Gasteiger partial charge < -0.3 is 10.7 Å². The second kappa shape index (κ2) is 4.14. The lowest BCUT2D eigenvalue weighted by Crippen LogP contribution is -2.36. The van der Waals surface area contributed by atoms with E-state index in [0.29, 0.717) is 5.82 Å². The highest BCUT2D eigenvalue weighted by Gasteiger charge is 2.22.